The number of benzene rings is 1. The van der Waals surface area contributed by atoms with Gasteiger partial charge in [0.05, 0.1) is 0 Å². The predicted octanol–water partition coefficient (Wildman–Crippen LogP) is 2.97. The summed E-state index contributed by atoms with van der Waals surface area (Å²) in [4.78, 5) is 27.2. The Morgan fingerprint density at radius 1 is 1.09 bits per heavy atom. The standard InChI is InChI=1S/C16H21N3O2.C2H6/c1-18-8-5-12(6-9-18)13-3-2-4-14(11-13)19-10-7-15(20)17-16(19)21;1-2/h2-4,11-12H,5-10H2,1H3,(H,17,20,21);1-2H3. The molecule has 5 heteroatoms. The van der Waals surface area contributed by atoms with E-state index in [-0.39, 0.29) is 11.9 Å². The monoisotopic (exact) mass is 317 g/mol. The van der Waals surface area contributed by atoms with Crippen LogP contribution in [0.1, 0.15) is 44.6 Å². The quantitative estimate of drug-likeness (QED) is 0.912. The number of carbonyl (C=O) groups is 2. The van der Waals surface area contributed by atoms with Crippen molar-refractivity contribution in [3.05, 3.63) is 29.8 Å². The van der Waals surface area contributed by atoms with Crippen molar-refractivity contribution in [2.75, 3.05) is 31.6 Å². The zero-order chi connectivity index (χ0) is 16.8. The van der Waals surface area contributed by atoms with Crippen LogP contribution in [0.15, 0.2) is 24.3 Å². The molecule has 0 unspecified atom stereocenters. The zero-order valence-corrected chi connectivity index (χ0v) is 14.3. The molecular weight excluding hydrogens is 290 g/mol. The number of hydrogen-bond donors (Lipinski definition) is 1. The number of piperidine rings is 1. The van der Waals surface area contributed by atoms with Gasteiger partial charge >= 0.3 is 6.03 Å². The molecule has 1 aromatic carbocycles. The van der Waals surface area contributed by atoms with E-state index in [0.717, 1.165) is 31.6 Å². The highest BCUT2D eigenvalue weighted by atomic mass is 16.2. The minimum Gasteiger partial charge on any atom is -0.306 e. The van der Waals surface area contributed by atoms with Crippen LogP contribution in [0.2, 0.25) is 0 Å². The fourth-order valence-electron chi connectivity index (χ4n) is 3.10. The van der Waals surface area contributed by atoms with Crippen molar-refractivity contribution in [2.24, 2.45) is 0 Å². The fraction of sp³-hybridized carbons (Fsp3) is 0.556. The molecule has 3 amide bonds. The normalized spacial score (nSPS) is 19.9. The average Bonchev–Trinajstić information content (AvgIpc) is 2.57. The number of nitrogens with zero attached hydrogens (tertiary/aromatic N) is 2. The maximum absolute atomic E-state index is 11.9. The number of urea groups is 1. The number of nitrogens with one attached hydrogen (secondary N) is 1. The molecule has 2 fully saturated rings. The van der Waals surface area contributed by atoms with Crippen LogP contribution in [0.3, 0.4) is 0 Å². The molecule has 0 atom stereocenters. The van der Waals surface area contributed by atoms with Crippen molar-refractivity contribution in [3.8, 4) is 0 Å². The molecular formula is C18H27N3O2. The van der Waals surface area contributed by atoms with Gasteiger partial charge in [0.25, 0.3) is 0 Å². The van der Waals surface area contributed by atoms with Gasteiger partial charge in [0, 0.05) is 18.7 Å². The lowest BCUT2D eigenvalue weighted by Gasteiger charge is -2.31. The minimum absolute atomic E-state index is 0.192. The van der Waals surface area contributed by atoms with E-state index >= 15 is 0 Å². The molecule has 0 saturated carbocycles. The topological polar surface area (TPSA) is 52.6 Å². The van der Waals surface area contributed by atoms with E-state index in [2.05, 4.69) is 29.4 Å². The van der Waals surface area contributed by atoms with Gasteiger partial charge in [0.1, 0.15) is 0 Å². The van der Waals surface area contributed by atoms with Gasteiger partial charge in [-0.25, -0.2) is 4.79 Å². The third-order valence-electron chi connectivity index (χ3n) is 4.43. The Kier molecular flexibility index (Phi) is 6.16. The maximum Gasteiger partial charge on any atom is 0.328 e. The smallest absolute Gasteiger partial charge is 0.306 e. The van der Waals surface area contributed by atoms with Gasteiger partial charge in [-0.05, 0) is 56.6 Å². The van der Waals surface area contributed by atoms with Crippen LogP contribution in [0.25, 0.3) is 0 Å². The summed E-state index contributed by atoms with van der Waals surface area (Å²) in [6.07, 6.45) is 2.68. The molecule has 2 aliphatic heterocycles. The van der Waals surface area contributed by atoms with Crippen molar-refractivity contribution in [3.63, 3.8) is 0 Å². The molecule has 0 radical (unpaired) electrons. The number of rotatable bonds is 2. The lowest BCUT2D eigenvalue weighted by atomic mass is 9.89. The molecule has 0 spiro atoms. The highest BCUT2D eigenvalue weighted by molar-refractivity contribution is 6.05. The fourth-order valence-corrected chi connectivity index (χ4v) is 3.10. The van der Waals surface area contributed by atoms with Crippen LogP contribution in [-0.4, -0.2) is 43.5 Å². The van der Waals surface area contributed by atoms with E-state index in [4.69, 9.17) is 0 Å². The van der Waals surface area contributed by atoms with E-state index in [1.165, 1.54) is 5.56 Å². The Bertz CT molecular complexity index is 551. The van der Waals surface area contributed by atoms with Crippen LogP contribution in [0, 0.1) is 0 Å². The third-order valence-corrected chi connectivity index (χ3v) is 4.43. The second kappa shape index (κ2) is 8.11. The van der Waals surface area contributed by atoms with Gasteiger partial charge < -0.3 is 4.90 Å². The van der Waals surface area contributed by atoms with Crippen LogP contribution in [0.5, 0.6) is 0 Å². The summed E-state index contributed by atoms with van der Waals surface area (Å²) in [7, 11) is 2.15. The first kappa shape index (κ1) is 17.5. The molecule has 23 heavy (non-hydrogen) atoms. The van der Waals surface area contributed by atoms with Gasteiger partial charge in [0.15, 0.2) is 0 Å². The van der Waals surface area contributed by atoms with Crippen LogP contribution >= 0.6 is 0 Å². The van der Waals surface area contributed by atoms with Crippen LogP contribution < -0.4 is 10.2 Å². The number of imide groups is 1. The van der Waals surface area contributed by atoms with Crippen LogP contribution in [-0.2, 0) is 4.79 Å². The highest BCUT2D eigenvalue weighted by Crippen LogP contribution is 2.30. The Balaban J connectivity index is 0.000000924. The van der Waals surface area contributed by atoms with Crippen molar-refractivity contribution < 1.29 is 9.59 Å². The molecule has 0 aromatic heterocycles. The summed E-state index contributed by atoms with van der Waals surface area (Å²) in [6, 6.07) is 7.88. The largest absolute Gasteiger partial charge is 0.328 e. The van der Waals surface area contributed by atoms with Crippen molar-refractivity contribution in [2.45, 2.75) is 39.0 Å². The predicted molar refractivity (Wildman–Crippen MR) is 92.8 cm³/mol. The molecule has 3 rings (SSSR count). The number of anilines is 1. The Labute approximate surface area is 138 Å². The molecule has 0 aliphatic carbocycles. The van der Waals surface area contributed by atoms with Gasteiger partial charge in [-0.2, -0.15) is 0 Å². The summed E-state index contributed by atoms with van der Waals surface area (Å²) in [5, 5.41) is 2.37. The molecule has 2 saturated heterocycles. The van der Waals surface area contributed by atoms with E-state index in [1.807, 2.05) is 26.0 Å². The first-order valence-electron chi connectivity index (χ1n) is 8.53. The zero-order valence-electron chi connectivity index (χ0n) is 14.3. The van der Waals surface area contributed by atoms with Crippen molar-refractivity contribution in [1.29, 1.82) is 0 Å². The Morgan fingerprint density at radius 2 is 1.78 bits per heavy atom. The minimum atomic E-state index is -0.313. The second-order valence-electron chi connectivity index (χ2n) is 5.93. The average molecular weight is 317 g/mol. The van der Waals surface area contributed by atoms with Gasteiger partial charge in [-0.15, -0.1) is 0 Å². The molecule has 2 aliphatic rings. The number of amides is 3. The summed E-state index contributed by atoms with van der Waals surface area (Å²) in [5.41, 5.74) is 2.18. The van der Waals surface area contributed by atoms with E-state index in [9.17, 15) is 9.59 Å². The number of hydrogen-bond acceptors (Lipinski definition) is 3. The van der Waals surface area contributed by atoms with E-state index < -0.39 is 0 Å². The lowest BCUT2D eigenvalue weighted by Crippen LogP contribution is -2.49. The van der Waals surface area contributed by atoms with Crippen molar-refractivity contribution in [1.82, 2.24) is 10.2 Å². The van der Waals surface area contributed by atoms with Crippen molar-refractivity contribution >= 4 is 17.6 Å². The first-order valence-corrected chi connectivity index (χ1v) is 8.53. The van der Waals surface area contributed by atoms with Crippen LogP contribution in [0.4, 0.5) is 10.5 Å². The highest BCUT2D eigenvalue weighted by Gasteiger charge is 2.25. The molecule has 1 aromatic rings. The summed E-state index contributed by atoms with van der Waals surface area (Å²) in [5.74, 6) is 0.373. The van der Waals surface area contributed by atoms with Gasteiger partial charge in [0.2, 0.25) is 5.91 Å². The first-order chi connectivity index (χ1) is 11.1. The number of carbonyl (C=O) groups excluding carboxylic acids is 2. The SMILES string of the molecule is CC.CN1CCC(c2cccc(N3CCC(=O)NC3=O)c2)CC1. The summed E-state index contributed by atoms with van der Waals surface area (Å²) < 4.78 is 0. The van der Waals surface area contributed by atoms with Gasteiger partial charge in [-0.3, -0.25) is 15.0 Å². The lowest BCUT2D eigenvalue weighted by molar-refractivity contribution is -0.120. The van der Waals surface area contributed by atoms with Gasteiger partial charge in [-0.1, -0.05) is 26.0 Å². The second-order valence-corrected chi connectivity index (χ2v) is 5.93. The Morgan fingerprint density at radius 3 is 2.43 bits per heavy atom. The Hall–Kier alpha value is -1.88. The maximum atomic E-state index is 11.9. The van der Waals surface area contributed by atoms with E-state index in [0.29, 0.717) is 18.9 Å². The molecule has 2 heterocycles. The molecule has 1 N–H and O–H groups in total. The molecule has 5 nitrogen and oxygen atoms in total. The summed E-state index contributed by atoms with van der Waals surface area (Å²) in [6.45, 7) is 6.70. The molecule has 126 valence electrons. The summed E-state index contributed by atoms with van der Waals surface area (Å²) >= 11 is 0. The third kappa shape index (κ3) is 4.32. The van der Waals surface area contributed by atoms with E-state index in [1.54, 1.807) is 4.90 Å². The number of likely N-dealkylation sites (tertiary alicyclic amines) is 1. The molecule has 0 bridgehead atoms.